The molecule has 21 nitrogen and oxygen atoms in total. The van der Waals surface area contributed by atoms with Crippen LogP contribution in [0.5, 0.6) is 5.75 Å². The monoisotopic (exact) mass is 1180 g/mol. The maximum Gasteiger partial charge on any atom is 0.307 e. The standard InChI is InChI=1S/C63H102N8O13/c1-10-38(7)48(26-37(5)6)55(77)31-45(33-59(64)81)53(75)30-44(25-36(3)4)54(76)34-49(39(8)11-2)57(79)35-50(40(9)72)56(78)29-43(16-13-23-70-63(67)68)60(82)71-24-14-17-51(71)58(80)28-42(15-12-22-69-62(65)66)52(74)32-46(61(83)84)27-41-18-20-47(73)21-19-41/h18-21,36-40,42-46,48-51,72-73H,10-17,22-35H2,1-9H3,(H2,64,81)(H,83,84)(H4,65,66,69)(H4,67,68,70). The average molecular weight is 1180 g/mol. The zero-order chi connectivity index (χ0) is 63.5. The summed E-state index contributed by atoms with van der Waals surface area (Å²) in [5.74, 6) is -13.4. The molecular weight excluding hydrogens is 1080 g/mol. The number of aliphatic hydroxyl groups excluding tert-OH is 1. The number of amides is 2. The quantitative estimate of drug-likeness (QED) is 0.0205. The summed E-state index contributed by atoms with van der Waals surface area (Å²) in [6.45, 7) is 17.3. The van der Waals surface area contributed by atoms with Gasteiger partial charge in [0, 0.05) is 107 Å². The fourth-order valence-corrected chi connectivity index (χ4v) is 11.7. The van der Waals surface area contributed by atoms with Crippen LogP contribution in [0, 0.1) is 71.0 Å². The van der Waals surface area contributed by atoms with Crippen molar-refractivity contribution in [1.82, 2.24) is 4.90 Å². The number of rotatable bonds is 44. The highest BCUT2D eigenvalue weighted by Crippen LogP contribution is 2.34. The van der Waals surface area contributed by atoms with Crippen LogP contribution < -0.4 is 28.7 Å². The fourth-order valence-electron chi connectivity index (χ4n) is 11.7. The molecule has 12 unspecified atom stereocenters. The first-order valence-electron chi connectivity index (χ1n) is 30.5. The molecule has 1 saturated heterocycles. The van der Waals surface area contributed by atoms with E-state index < -0.39 is 120 Å². The summed E-state index contributed by atoms with van der Waals surface area (Å²) in [5, 5.41) is 31.1. The number of benzene rings is 1. The maximum atomic E-state index is 14.8. The van der Waals surface area contributed by atoms with E-state index in [-0.39, 0.29) is 149 Å². The second kappa shape index (κ2) is 37.1. The lowest BCUT2D eigenvalue weighted by atomic mass is 9.75. The molecule has 1 aromatic rings. The van der Waals surface area contributed by atoms with E-state index in [0.717, 1.165) is 6.42 Å². The number of guanidine groups is 2. The van der Waals surface area contributed by atoms with Crippen molar-refractivity contribution in [2.24, 2.45) is 110 Å². The van der Waals surface area contributed by atoms with Crippen molar-refractivity contribution in [3.8, 4) is 5.75 Å². The fraction of sp³-hybridized carbons (Fsp3) is 0.714. The smallest absolute Gasteiger partial charge is 0.307 e. The molecule has 1 aliphatic rings. The van der Waals surface area contributed by atoms with Gasteiger partial charge in [-0.15, -0.1) is 0 Å². The van der Waals surface area contributed by atoms with Crippen LogP contribution in [0.4, 0.5) is 0 Å². The molecule has 0 aliphatic carbocycles. The van der Waals surface area contributed by atoms with E-state index in [1.54, 1.807) is 12.1 Å². The van der Waals surface area contributed by atoms with Crippen molar-refractivity contribution in [3.63, 3.8) is 0 Å². The molecule has 1 heterocycles. The molecular formula is C63H102N8O13. The SMILES string of the molecule is CCC(C)C(CC(=O)C(CC(=O)C(CC(N)=O)CC(=O)C(CC(C)C)C(C)CC)CC(C)C)C(=O)CC(C(=O)CC(CCCN=C(N)N)C(=O)N1CCCC1C(=O)CC(CCCN=C(N)N)C(=O)CC(Cc1ccc(O)cc1)C(=O)O)C(C)O. The molecule has 0 bridgehead atoms. The Kier molecular flexibility index (Phi) is 32.6. The van der Waals surface area contributed by atoms with Gasteiger partial charge >= 0.3 is 5.97 Å². The molecule has 2 rings (SSSR count). The number of aromatic hydroxyl groups is 1. The number of nitrogens with two attached hydrogens (primary N) is 5. The third-order valence-electron chi connectivity index (χ3n) is 16.9. The normalized spacial score (nSPS) is 17.3. The molecule has 84 heavy (non-hydrogen) atoms. The maximum absolute atomic E-state index is 14.8. The van der Waals surface area contributed by atoms with E-state index in [0.29, 0.717) is 31.2 Å². The predicted octanol–water partition coefficient (Wildman–Crippen LogP) is 6.20. The molecule has 0 spiro atoms. The highest BCUT2D eigenvalue weighted by atomic mass is 16.4. The van der Waals surface area contributed by atoms with Crippen LogP contribution in [0.25, 0.3) is 0 Å². The van der Waals surface area contributed by atoms with E-state index in [2.05, 4.69) is 9.98 Å². The number of phenols is 1. The third-order valence-corrected chi connectivity index (χ3v) is 16.9. The lowest BCUT2D eigenvalue weighted by Gasteiger charge is -2.30. The molecule has 21 heteroatoms. The van der Waals surface area contributed by atoms with Crippen LogP contribution in [0.3, 0.4) is 0 Å². The van der Waals surface area contributed by atoms with E-state index in [1.807, 2.05) is 55.4 Å². The third kappa shape index (κ3) is 25.9. The minimum absolute atomic E-state index is 0.00795. The van der Waals surface area contributed by atoms with E-state index in [9.17, 15) is 63.3 Å². The number of primary amides is 1. The highest BCUT2D eigenvalue weighted by Gasteiger charge is 2.42. The van der Waals surface area contributed by atoms with Crippen molar-refractivity contribution in [2.75, 3.05) is 19.6 Å². The minimum atomic E-state index is -1.37. The molecule has 13 N–H and O–H groups in total. The summed E-state index contributed by atoms with van der Waals surface area (Å²) in [4.78, 5) is 149. The lowest BCUT2D eigenvalue weighted by molar-refractivity contribution is -0.145. The van der Waals surface area contributed by atoms with Gasteiger partial charge in [0.05, 0.1) is 24.0 Å². The Morgan fingerprint density at radius 3 is 1.54 bits per heavy atom. The van der Waals surface area contributed by atoms with Gasteiger partial charge in [-0.2, -0.15) is 0 Å². The van der Waals surface area contributed by atoms with Gasteiger partial charge in [0.25, 0.3) is 0 Å². The second-order valence-electron chi connectivity index (χ2n) is 24.7. The number of phenolic OH excluding ortho intramolecular Hbond substituents is 1. The summed E-state index contributed by atoms with van der Waals surface area (Å²) in [6, 6.07) is 4.97. The molecule has 12 atom stereocenters. The van der Waals surface area contributed by atoms with Gasteiger partial charge in [-0.25, -0.2) is 0 Å². The molecule has 0 radical (unpaired) electrons. The van der Waals surface area contributed by atoms with Gasteiger partial charge in [-0.1, -0.05) is 80.4 Å². The van der Waals surface area contributed by atoms with Crippen LogP contribution in [0.15, 0.2) is 34.3 Å². The van der Waals surface area contributed by atoms with Gasteiger partial charge < -0.3 is 48.9 Å². The number of aliphatic carboxylic acids is 1. The zero-order valence-corrected chi connectivity index (χ0v) is 51.6. The summed E-state index contributed by atoms with van der Waals surface area (Å²) < 4.78 is 0. The van der Waals surface area contributed by atoms with Crippen molar-refractivity contribution in [3.05, 3.63) is 29.8 Å². The van der Waals surface area contributed by atoms with Gasteiger partial charge in [0.2, 0.25) is 11.8 Å². The number of aliphatic imine (C=N–C) groups is 2. The Morgan fingerprint density at radius 2 is 1.02 bits per heavy atom. The Bertz CT molecular complexity index is 2420. The van der Waals surface area contributed by atoms with Gasteiger partial charge in [0.15, 0.2) is 17.7 Å². The molecule has 1 aromatic carbocycles. The molecule has 1 fully saturated rings. The summed E-state index contributed by atoms with van der Waals surface area (Å²) in [5.41, 5.74) is 28.4. The topological polar surface area (TPSA) is 389 Å². The van der Waals surface area contributed by atoms with Gasteiger partial charge in [0.1, 0.15) is 40.4 Å². The predicted molar refractivity (Wildman–Crippen MR) is 323 cm³/mol. The average Bonchev–Trinajstić information content (AvgIpc) is 4.08. The number of hydrogen-bond donors (Lipinski definition) is 8. The first-order chi connectivity index (χ1) is 39.4. The number of carbonyl (C=O) groups excluding carboxylic acids is 9. The largest absolute Gasteiger partial charge is 0.508 e. The Balaban J connectivity index is 2.45. The van der Waals surface area contributed by atoms with Crippen molar-refractivity contribution in [2.45, 2.75) is 196 Å². The van der Waals surface area contributed by atoms with E-state index >= 15 is 0 Å². The number of carboxylic acid groups (broad SMARTS) is 1. The number of Topliss-reactive ketones (excluding diaryl/α,β-unsaturated/α-hetero) is 7. The van der Waals surface area contributed by atoms with Gasteiger partial charge in [-0.05, 0) is 106 Å². The molecule has 0 aromatic heterocycles. The lowest BCUT2D eigenvalue weighted by Crippen LogP contribution is -2.45. The molecule has 0 saturated carbocycles. The molecule has 472 valence electrons. The Morgan fingerprint density at radius 1 is 0.560 bits per heavy atom. The molecule has 1 aliphatic heterocycles. The van der Waals surface area contributed by atoms with Crippen LogP contribution in [0.2, 0.25) is 0 Å². The van der Waals surface area contributed by atoms with Crippen molar-refractivity contribution >= 4 is 70.2 Å². The van der Waals surface area contributed by atoms with Crippen molar-refractivity contribution in [1.29, 1.82) is 0 Å². The van der Waals surface area contributed by atoms with E-state index in [4.69, 9.17) is 28.7 Å². The number of hydrogen-bond acceptors (Lipinski definition) is 14. The summed E-state index contributed by atoms with van der Waals surface area (Å²) in [6.07, 6.45) is -0.472. The zero-order valence-electron chi connectivity index (χ0n) is 51.6. The first-order valence-corrected chi connectivity index (χ1v) is 30.5. The molecule has 2 amide bonds. The summed E-state index contributed by atoms with van der Waals surface area (Å²) >= 11 is 0. The number of aliphatic hydroxyl groups is 1. The van der Waals surface area contributed by atoms with E-state index in [1.165, 1.54) is 24.0 Å². The van der Waals surface area contributed by atoms with Gasteiger partial charge in [-0.3, -0.25) is 57.9 Å². The summed E-state index contributed by atoms with van der Waals surface area (Å²) in [7, 11) is 0. The minimum Gasteiger partial charge on any atom is -0.508 e. The number of nitrogens with zero attached hydrogens (tertiary/aromatic N) is 3. The van der Waals surface area contributed by atoms with Crippen molar-refractivity contribution < 1.29 is 63.3 Å². The number of carbonyl (C=O) groups is 10. The number of carboxylic acids is 1. The Labute approximate surface area is 497 Å². The number of likely N-dealkylation sites (tertiary alicyclic amines) is 1. The van der Waals surface area contributed by atoms with Crippen LogP contribution in [-0.2, 0) is 54.4 Å². The van der Waals surface area contributed by atoms with Crippen LogP contribution in [0.1, 0.15) is 183 Å². The second-order valence-corrected chi connectivity index (χ2v) is 24.7. The Hall–Kier alpha value is -6.38. The van der Waals surface area contributed by atoms with Crippen LogP contribution >= 0.6 is 0 Å². The number of ketones is 7. The van der Waals surface area contributed by atoms with Crippen LogP contribution in [-0.4, -0.2) is 122 Å². The highest BCUT2D eigenvalue weighted by molar-refractivity contribution is 5.98. The first kappa shape index (κ1) is 73.7.